The predicted molar refractivity (Wildman–Crippen MR) is 144 cm³/mol. The molecule has 0 spiro atoms. The Morgan fingerprint density at radius 1 is 1.11 bits per heavy atom. The maximum atomic E-state index is 10.3. The monoisotopic (exact) mass is 516 g/mol. The smallest absolute Gasteiger partial charge is 0.187 e. The van der Waals surface area contributed by atoms with E-state index in [1.165, 1.54) is 0 Å². The molecule has 0 bridgehead atoms. The number of halogens is 1. The van der Waals surface area contributed by atoms with Crippen molar-refractivity contribution < 1.29 is 14.6 Å². The normalized spacial score (nSPS) is 16.6. The maximum absolute atomic E-state index is 10.3. The van der Waals surface area contributed by atoms with Crippen LogP contribution in [-0.2, 0) is 4.74 Å². The first-order valence-corrected chi connectivity index (χ1v) is 12.5. The molecule has 2 atom stereocenters. The Morgan fingerprint density at radius 2 is 1.86 bits per heavy atom. The summed E-state index contributed by atoms with van der Waals surface area (Å²) in [4.78, 5) is 7.97. The second-order valence-corrected chi connectivity index (χ2v) is 9.23. The number of ether oxygens (including phenoxy) is 2. The molecule has 1 aliphatic heterocycles. The third kappa shape index (κ3) is 6.22. The lowest BCUT2D eigenvalue weighted by atomic mass is 9.97. The molecule has 1 heterocycles. The van der Waals surface area contributed by atoms with Gasteiger partial charge < -0.3 is 19.5 Å². The molecule has 1 N–H and O–H groups in total. The zero-order valence-corrected chi connectivity index (χ0v) is 21.4. The lowest BCUT2D eigenvalue weighted by Crippen LogP contribution is -2.50. The number of nitrogens with zero attached hydrogens (tertiary/aromatic N) is 4. The summed E-state index contributed by atoms with van der Waals surface area (Å²) in [6.45, 7) is 10.0. The van der Waals surface area contributed by atoms with Crippen LogP contribution in [0, 0.1) is 17.9 Å². The summed E-state index contributed by atoms with van der Waals surface area (Å²) in [6, 6.07) is 22.8. The van der Waals surface area contributed by atoms with Crippen molar-refractivity contribution in [3.63, 3.8) is 0 Å². The Bertz CT molecular complexity index is 1270. The number of hydrogen-bond donors (Lipinski definition) is 1. The van der Waals surface area contributed by atoms with Gasteiger partial charge in [-0.2, -0.15) is 5.26 Å². The number of piperazine rings is 1. The molecule has 3 aromatic rings. The van der Waals surface area contributed by atoms with Crippen molar-refractivity contribution in [2.24, 2.45) is 0 Å². The number of anilines is 1. The van der Waals surface area contributed by atoms with E-state index in [0.29, 0.717) is 54.9 Å². The molecule has 1 fully saturated rings. The van der Waals surface area contributed by atoms with E-state index in [9.17, 15) is 10.4 Å². The molecule has 190 valence electrons. The van der Waals surface area contributed by atoms with E-state index in [2.05, 4.69) is 20.7 Å². The van der Waals surface area contributed by atoms with E-state index in [4.69, 9.17) is 27.6 Å². The summed E-state index contributed by atoms with van der Waals surface area (Å²) in [6.07, 6.45) is 0. The van der Waals surface area contributed by atoms with Gasteiger partial charge in [0.05, 0.1) is 43.1 Å². The fourth-order valence-electron chi connectivity index (χ4n) is 4.74. The summed E-state index contributed by atoms with van der Waals surface area (Å²) in [7, 11) is 1.62. The Hall–Kier alpha value is -3.59. The first-order chi connectivity index (χ1) is 18.1. The van der Waals surface area contributed by atoms with Crippen molar-refractivity contribution in [2.45, 2.75) is 12.1 Å². The van der Waals surface area contributed by atoms with Crippen LogP contribution in [0.2, 0.25) is 5.02 Å². The summed E-state index contributed by atoms with van der Waals surface area (Å²) < 4.78 is 10.8. The molecule has 0 aromatic heterocycles. The van der Waals surface area contributed by atoms with E-state index >= 15 is 0 Å². The molecule has 4 rings (SSSR count). The van der Waals surface area contributed by atoms with Crippen LogP contribution in [0.25, 0.3) is 4.85 Å². The first kappa shape index (κ1) is 26.5. The van der Waals surface area contributed by atoms with Gasteiger partial charge in [0.1, 0.15) is 18.4 Å². The summed E-state index contributed by atoms with van der Waals surface area (Å²) >= 11 is 6.18. The molecule has 0 saturated carbocycles. The van der Waals surface area contributed by atoms with Gasteiger partial charge in [-0.1, -0.05) is 48.0 Å². The highest BCUT2D eigenvalue weighted by Crippen LogP contribution is 2.37. The van der Waals surface area contributed by atoms with Crippen LogP contribution < -0.4 is 9.64 Å². The molecule has 1 saturated heterocycles. The van der Waals surface area contributed by atoms with E-state index < -0.39 is 0 Å². The average Bonchev–Trinajstić information content (AvgIpc) is 2.94. The molecule has 7 nitrogen and oxygen atoms in total. The quantitative estimate of drug-likeness (QED) is 0.304. The van der Waals surface area contributed by atoms with Gasteiger partial charge >= 0.3 is 0 Å². The lowest BCUT2D eigenvalue weighted by molar-refractivity contribution is 0.103. The molecule has 3 aromatic carbocycles. The van der Waals surface area contributed by atoms with Gasteiger partial charge in [-0.25, -0.2) is 4.85 Å². The van der Waals surface area contributed by atoms with Crippen LogP contribution >= 0.6 is 11.6 Å². The van der Waals surface area contributed by atoms with Crippen molar-refractivity contribution in [3.05, 3.63) is 99.9 Å². The molecular formula is C29H29ClN4O3. The van der Waals surface area contributed by atoms with Gasteiger partial charge in [-0.15, -0.1) is 0 Å². The Labute approximate surface area is 222 Å². The molecule has 8 heteroatoms. The minimum atomic E-state index is -0.205. The number of benzene rings is 3. The number of aliphatic hydroxyl groups is 1. The minimum Gasteiger partial charge on any atom is -0.491 e. The Kier molecular flexibility index (Phi) is 9.00. The van der Waals surface area contributed by atoms with Gasteiger partial charge in [0.2, 0.25) is 0 Å². The largest absolute Gasteiger partial charge is 0.491 e. The molecule has 0 radical (unpaired) electrons. The van der Waals surface area contributed by atoms with E-state index in [1.54, 1.807) is 25.3 Å². The second-order valence-electron chi connectivity index (χ2n) is 8.79. The van der Waals surface area contributed by atoms with E-state index in [0.717, 1.165) is 16.8 Å². The highest BCUT2D eigenvalue weighted by molar-refractivity contribution is 6.30. The fraction of sp³-hybridized carbons (Fsp3) is 0.310. The fourth-order valence-corrected chi connectivity index (χ4v) is 4.86. The van der Waals surface area contributed by atoms with Crippen molar-refractivity contribution in [2.75, 3.05) is 51.5 Å². The van der Waals surface area contributed by atoms with Crippen LogP contribution in [0.1, 0.15) is 28.8 Å². The molecule has 0 amide bonds. The summed E-state index contributed by atoms with van der Waals surface area (Å²) in [5.74, 6) is 0.627. The van der Waals surface area contributed by atoms with Crippen molar-refractivity contribution >= 4 is 23.0 Å². The van der Waals surface area contributed by atoms with Gasteiger partial charge in [0.25, 0.3) is 0 Å². The van der Waals surface area contributed by atoms with Crippen LogP contribution in [-0.4, -0.2) is 56.6 Å². The maximum Gasteiger partial charge on any atom is 0.187 e. The third-order valence-electron chi connectivity index (χ3n) is 6.64. The van der Waals surface area contributed by atoms with Gasteiger partial charge in [0.15, 0.2) is 5.69 Å². The Morgan fingerprint density at radius 3 is 2.51 bits per heavy atom. The first-order valence-electron chi connectivity index (χ1n) is 12.1. The van der Waals surface area contributed by atoms with Crippen LogP contribution in [0.15, 0.2) is 66.7 Å². The van der Waals surface area contributed by atoms with Crippen LogP contribution in [0.3, 0.4) is 0 Å². The zero-order chi connectivity index (χ0) is 26.2. The van der Waals surface area contributed by atoms with Crippen LogP contribution in [0.4, 0.5) is 11.4 Å². The van der Waals surface area contributed by atoms with Gasteiger partial charge in [-0.05, 0) is 41.5 Å². The highest BCUT2D eigenvalue weighted by Gasteiger charge is 2.33. The molecule has 0 unspecified atom stereocenters. The lowest BCUT2D eigenvalue weighted by Gasteiger charge is -2.46. The average molecular weight is 517 g/mol. The van der Waals surface area contributed by atoms with Gasteiger partial charge in [-0.3, -0.25) is 4.90 Å². The van der Waals surface area contributed by atoms with Crippen molar-refractivity contribution in [1.29, 1.82) is 5.26 Å². The molecule has 1 aliphatic rings. The SMILES string of the molecule is [C-]#[N+]c1ccc([C@@H](CO)N2CCN(c3ccc(OCCOC)cc3C#N)[C@H](c3ccc(Cl)cc3)C2)cc1. The van der Waals surface area contributed by atoms with Crippen molar-refractivity contribution in [3.8, 4) is 11.8 Å². The minimum absolute atomic E-state index is 0.0400. The van der Waals surface area contributed by atoms with E-state index in [1.807, 2.05) is 48.5 Å². The Balaban J connectivity index is 1.65. The number of methoxy groups -OCH3 is 1. The molecule has 0 aliphatic carbocycles. The zero-order valence-electron chi connectivity index (χ0n) is 20.7. The number of hydrogen-bond acceptors (Lipinski definition) is 6. The number of rotatable bonds is 9. The number of nitriles is 1. The molecular weight excluding hydrogens is 488 g/mol. The predicted octanol–water partition coefficient (Wildman–Crippen LogP) is 5.38. The molecule has 37 heavy (non-hydrogen) atoms. The standard InChI is InChI=1S/C29H29ClN4O3/c1-32-25-9-5-22(6-10-25)29(20-35)33-13-14-34(28(19-33)21-3-7-24(30)8-4-21)27-12-11-26(17-23(27)18-31)37-16-15-36-2/h3-12,17,28-29,35H,13-16,19-20H2,2H3/t28-,29+/m0/s1. The summed E-state index contributed by atoms with van der Waals surface area (Å²) in [5, 5.41) is 21.0. The van der Waals surface area contributed by atoms with Crippen molar-refractivity contribution in [1.82, 2.24) is 4.90 Å². The van der Waals surface area contributed by atoms with Crippen LogP contribution in [0.5, 0.6) is 5.75 Å². The number of aliphatic hydroxyl groups excluding tert-OH is 1. The highest BCUT2D eigenvalue weighted by atomic mass is 35.5. The summed E-state index contributed by atoms with van der Waals surface area (Å²) in [5.41, 5.74) is 3.98. The van der Waals surface area contributed by atoms with Gasteiger partial charge in [0, 0.05) is 31.8 Å². The third-order valence-corrected chi connectivity index (χ3v) is 6.89. The topological polar surface area (TPSA) is 73.3 Å². The second kappa shape index (κ2) is 12.6. The van der Waals surface area contributed by atoms with E-state index in [-0.39, 0.29) is 18.7 Å².